The number of aliphatic imine (C=N–C) groups is 1. The number of nitrogens with zero attached hydrogens (tertiary/aromatic N) is 3. The first-order valence-electron chi connectivity index (χ1n) is 6.84. The Bertz CT molecular complexity index is 700. The van der Waals surface area contributed by atoms with E-state index in [4.69, 9.17) is 16.6 Å². The summed E-state index contributed by atoms with van der Waals surface area (Å²) in [5.41, 5.74) is 3.98. The first kappa shape index (κ1) is 14.0. The van der Waals surface area contributed by atoms with E-state index in [9.17, 15) is 5.11 Å². The number of fused-ring (bicyclic) bond motifs is 1. The van der Waals surface area contributed by atoms with Gasteiger partial charge >= 0.3 is 0 Å². The molecule has 2 heterocycles. The van der Waals surface area contributed by atoms with Crippen LogP contribution in [-0.4, -0.2) is 35.5 Å². The molecule has 0 unspecified atom stereocenters. The molecule has 0 radical (unpaired) electrons. The Morgan fingerprint density at radius 3 is 2.95 bits per heavy atom. The number of aromatic nitrogens is 1. The predicted octanol–water partition coefficient (Wildman–Crippen LogP) is 2.98. The zero-order chi connectivity index (χ0) is 14.8. The van der Waals surface area contributed by atoms with E-state index in [1.807, 2.05) is 42.2 Å². The predicted molar refractivity (Wildman–Crippen MR) is 85.9 cm³/mol. The second-order valence-corrected chi connectivity index (χ2v) is 5.45. The van der Waals surface area contributed by atoms with Gasteiger partial charge in [0.15, 0.2) is 5.82 Å². The first-order valence-corrected chi connectivity index (χ1v) is 7.22. The van der Waals surface area contributed by atoms with Gasteiger partial charge in [-0.2, -0.15) is 0 Å². The molecule has 3 rings (SSSR count). The molecule has 0 saturated carbocycles. The van der Waals surface area contributed by atoms with Crippen molar-refractivity contribution in [2.75, 3.05) is 24.6 Å². The fourth-order valence-corrected chi connectivity index (χ4v) is 2.78. The minimum atomic E-state index is 0.0862. The fraction of sp³-hybridized carbons (Fsp3) is 0.250. The number of rotatable bonds is 3. The lowest BCUT2D eigenvalue weighted by Gasteiger charge is -2.29. The lowest BCUT2D eigenvalue weighted by Crippen LogP contribution is -2.35. The van der Waals surface area contributed by atoms with Crippen molar-refractivity contribution < 1.29 is 5.11 Å². The monoisotopic (exact) mass is 301 g/mol. The van der Waals surface area contributed by atoms with E-state index < -0.39 is 0 Å². The van der Waals surface area contributed by atoms with Crippen LogP contribution in [0.5, 0.6) is 0 Å². The molecule has 1 aliphatic heterocycles. The van der Waals surface area contributed by atoms with Crippen LogP contribution in [0.4, 0.5) is 11.5 Å². The molecule has 2 aromatic rings. The van der Waals surface area contributed by atoms with E-state index in [0.717, 1.165) is 33.4 Å². The number of β-amino-alcohol motifs (C(OH)–C–C–N with tert-alkyl or cyclic N) is 1. The van der Waals surface area contributed by atoms with Crippen LogP contribution in [0.15, 0.2) is 41.5 Å². The van der Waals surface area contributed by atoms with Crippen LogP contribution in [0.3, 0.4) is 0 Å². The SMILES string of the molecule is Cc1cc(Cl)ccc1C1=Nc2cccnc2N(CCO)C1. The topological polar surface area (TPSA) is 48.7 Å². The standard InChI is InChI=1S/C16H16ClN3O/c1-11-9-12(17)4-5-13(11)15-10-20(7-8-21)16-14(19-15)3-2-6-18-16/h2-6,9,21H,7-8,10H2,1H3. The Kier molecular flexibility index (Phi) is 3.90. The van der Waals surface area contributed by atoms with Crippen molar-refractivity contribution in [3.63, 3.8) is 0 Å². The van der Waals surface area contributed by atoms with E-state index >= 15 is 0 Å². The highest BCUT2D eigenvalue weighted by Gasteiger charge is 2.21. The quantitative estimate of drug-likeness (QED) is 0.948. The second-order valence-electron chi connectivity index (χ2n) is 5.01. The van der Waals surface area contributed by atoms with Crippen LogP contribution < -0.4 is 4.90 Å². The molecular weight excluding hydrogens is 286 g/mol. The number of aryl methyl sites for hydroxylation is 1. The summed E-state index contributed by atoms with van der Waals surface area (Å²) in [7, 11) is 0. The molecule has 1 aromatic heterocycles. The third kappa shape index (κ3) is 2.77. The number of benzene rings is 1. The van der Waals surface area contributed by atoms with Gasteiger partial charge < -0.3 is 10.0 Å². The molecule has 0 saturated heterocycles. The van der Waals surface area contributed by atoms with E-state index in [0.29, 0.717) is 13.1 Å². The number of aliphatic hydroxyl groups excluding tert-OH is 1. The molecule has 0 atom stereocenters. The van der Waals surface area contributed by atoms with Gasteiger partial charge in [0.1, 0.15) is 5.69 Å². The van der Waals surface area contributed by atoms with Crippen molar-refractivity contribution in [2.45, 2.75) is 6.92 Å². The smallest absolute Gasteiger partial charge is 0.154 e. The van der Waals surface area contributed by atoms with E-state index in [-0.39, 0.29) is 6.61 Å². The van der Waals surface area contributed by atoms with Crippen molar-refractivity contribution in [1.82, 2.24) is 4.98 Å². The zero-order valence-electron chi connectivity index (χ0n) is 11.8. The van der Waals surface area contributed by atoms with Crippen LogP contribution >= 0.6 is 11.6 Å². The summed E-state index contributed by atoms with van der Waals surface area (Å²) < 4.78 is 0. The molecule has 1 aromatic carbocycles. The maximum absolute atomic E-state index is 9.27. The number of halogens is 1. The van der Waals surface area contributed by atoms with Crippen LogP contribution in [0.2, 0.25) is 5.02 Å². The Balaban J connectivity index is 2.06. The van der Waals surface area contributed by atoms with Crippen molar-refractivity contribution in [3.05, 3.63) is 52.7 Å². The average Bonchev–Trinajstić information content (AvgIpc) is 2.47. The summed E-state index contributed by atoms with van der Waals surface area (Å²) in [6, 6.07) is 9.62. The van der Waals surface area contributed by atoms with Gasteiger partial charge in [0.05, 0.1) is 18.9 Å². The van der Waals surface area contributed by atoms with Crippen LogP contribution in [0.25, 0.3) is 0 Å². The van der Waals surface area contributed by atoms with Gasteiger partial charge in [-0.1, -0.05) is 17.7 Å². The maximum Gasteiger partial charge on any atom is 0.154 e. The molecule has 0 amide bonds. The third-order valence-corrected chi connectivity index (χ3v) is 3.77. The number of aliphatic hydroxyl groups is 1. The molecule has 0 fully saturated rings. The van der Waals surface area contributed by atoms with Gasteiger partial charge in [-0.3, -0.25) is 0 Å². The molecule has 1 aliphatic rings. The van der Waals surface area contributed by atoms with Crippen LogP contribution in [0, 0.1) is 6.92 Å². The van der Waals surface area contributed by atoms with Crippen molar-refractivity contribution in [1.29, 1.82) is 0 Å². The molecule has 0 spiro atoms. The van der Waals surface area contributed by atoms with Gasteiger partial charge in [-0.05, 0) is 36.8 Å². The largest absolute Gasteiger partial charge is 0.395 e. The molecule has 0 aliphatic carbocycles. The van der Waals surface area contributed by atoms with Crippen molar-refractivity contribution >= 4 is 28.8 Å². The molecule has 1 N–H and O–H groups in total. The number of hydrogen-bond donors (Lipinski definition) is 1. The lowest BCUT2D eigenvalue weighted by molar-refractivity contribution is 0.303. The Hall–Kier alpha value is -1.91. The van der Waals surface area contributed by atoms with Crippen LogP contribution in [0.1, 0.15) is 11.1 Å². The van der Waals surface area contributed by atoms with E-state index in [1.54, 1.807) is 6.20 Å². The van der Waals surface area contributed by atoms with Crippen molar-refractivity contribution in [2.24, 2.45) is 4.99 Å². The Morgan fingerprint density at radius 2 is 2.19 bits per heavy atom. The van der Waals surface area contributed by atoms with E-state index in [2.05, 4.69) is 4.98 Å². The van der Waals surface area contributed by atoms with Gasteiger partial charge in [-0.25, -0.2) is 9.98 Å². The maximum atomic E-state index is 9.27. The Labute approximate surface area is 128 Å². The second kappa shape index (κ2) is 5.84. The fourth-order valence-electron chi connectivity index (χ4n) is 2.56. The summed E-state index contributed by atoms with van der Waals surface area (Å²) in [6.07, 6.45) is 1.75. The zero-order valence-corrected chi connectivity index (χ0v) is 12.5. The third-order valence-electron chi connectivity index (χ3n) is 3.53. The molecule has 0 bridgehead atoms. The number of anilines is 1. The summed E-state index contributed by atoms with van der Waals surface area (Å²) in [6.45, 7) is 3.28. The summed E-state index contributed by atoms with van der Waals surface area (Å²) in [5.74, 6) is 0.821. The van der Waals surface area contributed by atoms with Crippen LogP contribution in [-0.2, 0) is 0 Å². The summed E-state index contributed by atoms with van der Waals surface area (Å²) >= 11 is 6.02. The minimum absolute atomic E-state index is 0.0862. The summed E-state index contributed by atoms with van der Waals surface area (Å²) in [5, 5.41) is 9.99. The highest BCUT2D eigenvalue weighted by atomic mass is 35.5. The molecule has 4 nitrogen and oxygen atoms in total. The Morgan fingerprint density at radius 1 is 1.33 bits per heavy atom. The first-order chi connectivity index (χ1) is 10.2. The van der Waals surface area contributed by atoms with Gasteiger partial charge in [0, 0.05) is 23.3 Å². The number of pyridine rings is 1. The molecular formula is C16H16ClN3O. The lowest BCUT2D eigenvalue weighted by atomic mass is 10.0. The van der Waals surface area contributed by atoms with Gasteiger partial charge in [-0.15, -0.1) is 0 Å². The normalized spacial score (nSPS) is 13.9. The average molecular weight is 302 g/mol. The molecule has 5 heteroatoms. The highest BCUT2D eigenvalue weighted by molar-refractivity contribution is 6.30. The highest BCUT2D eigenvalue weighted by Crippen LogP contribution is 2.31. The number of hydrogen-bond acceptors (Lipinski definition) is 4. The minimum Gasteiger partial charge on any atom is -0.395 e. The van der Waals surface area contributed by atoms with E-state index in [1.165, 1.54) is 0 Å². The molecule has 21 heavy (non-hydrogen) atoms. The summed E-state index contributed by atoms with van der Waals surface area (Å²) in [4.78, 5) is 11.1. The van der Waals surface area contributed by atoms with Crippen molar-refractivity contribution in [3.8, 4) is 0 Å². The van der Waals surface area contributed by atoms with Gasteiger partial charge in [0.25, 0.3) is 0 Å². The van der Waals surface area contributed by atoms with Gasteiger partial charge in [0.2, 0.25) is 0 Å². The molecule has 108 valence electrons.